The zero-order valence-corrected chi connectivity index (χ0v) is 24.9. The van der Waals surface area contributed by atoms with Gasteiger partial charge in [0.05, 0.1) is 17.9 Å². The van der Waals surface area contributed by atoms with Crippen molar-refractivity contribution in [2.75, 3.05) is 32.1 Å². The van der Waals surface area contributed by atoms with E-state index in [0.29, 0.717) is 33.7 Å². The quantitative estimate of drug-likeness (QED) is 0.320. The summed E-state index contributed by atoms with van der Waals surface area (Å²) in [5.74, 6) is 0.589. The van der Waals surface area contributed by atoms with E-state index < -0.39 is 15.9 Å². The number of ether oxygens (including phenoxy) is 1. The number of anilines is 1. The van der Waals surface area contributed by atoms with Crippen molar-refractivity contribution < 1.29 is 17.9 Å². The van der Waals surface area contributed by atoms with Crippen LogP contribution < -0.4 is 14.8 Å². The number of likely N-dealkylation sites (N-methyl/N-ethyl adjacent to an activating group) is 1. The molecule has 5 rings (SSSR count). The van der Waals surface area contributed by atoms with Crippen LogP contribution in [0.1, 0.15) is 69.8 Å². The molecule has 2 fully saturated rings. The van der Waals surface area contributed by atoms with Gasteiger partial charge in [0.25, 0.3) is 0 Å². The van der Waals surface area contributed by atoms with Crippen molar-refractivity contribution in [2.24, 2.45) is 5.92 Å². The third-order valence-corrected chi connectivity index (χ3v) is 10.6. The number of hydrogen-bond donors (Lipinski definition) is 2. The summed E-state index contributed by atoms with van der Waals surface area (Å²) >= 11 is 1.31. The molecule has 0 bridgehead atoms. The van der Waals surface area contributed by atoms with Crippen molar-refractivity contribution in [1.29, 1.82) is 0 Å². The lowest BCUT2D eigenvalue weighted by atomic mass is 9.89. The lowest BCUT2D eigenvalue weighted by Gasteiger charge is -2.32. The third kappa shape index (κ3) is 6.99. The zero-order chi connectivity index (χ0) is 28.1. The smallest absolute Gasteiger partial charge is 0.240 e. The fraction of sp³-hybridized carbons (Fsp3) is 0.552. The molecule has 2 aromatic heterocycles. The van der Waals surface area contributed by atoms with E-state index >= 15 is 0 Å². The van der Waals surface area contributed by atoms with Gasteiger partial charge in [0.15, 0.2) is 5.13 Å². The average Bonchev–Trinajstić information content (AvgIpc) is 3.62. The highest BCUT2D eigenvalue weighted by Crippen LogP contribution is 2.34. The zero-order valence-electron chi connectivity index (χ0n) is 23.3. The second kappa shape index (κ2) is 12.9. The molecule has 2 aliphatic rings. The van der Waals surface area contributed by atoms with Crippen molar-refractivity contribution in [3.05, 3.63) is 42.0 Å². The standard InChI is InChI=1S/C29H39N5O4S2/c1-3-34-18-6-9-22(19-34)33-40(36,37)23-13-11-21(12-14-23)24(15-10-20-7-4-5-8-20)27(35)32-29-30-25-16-17-26(38-2)31-28(25)39-29/h11-14,16-17,20,22,24,33H,3-10,15,18-19H2,1-2H3,(H,30,32,35). The van der Waals surface area contributed by atoms with E-state index in [4.69, 9.17) is 4.74 Å². The van der Waals surface area contributed by atoms with Crippen LogP contribution in [-0.4, -0.2) is 62.0 Å². The van der Waals surface area contributed by atoms with Gasteiger partial charge in [-0.1, -0.05) is 56.1 Å². The molecule has 2 unspecified atom stereocenters. The molecule has 3 heterocycles. The largest absolute Gasteiger partial charge is 0.481 e. The lowest BCUT2D eigenvalue weighted by molar-refractivity contribution is -0.117. The van der Waals surface area contributed by atoms with Crippen molar-refractivity contribution in [2.45, 2.75) is 75.1 Å². The number of nitrogens with zero attached hydrogens (tertiary/aromatic N) is 3. The highest BCUT2D eigenvalue weighted by Gasteiger charge is 2.27. The van der Waals surface area contributed by atoms with E-state index in [1.165, 1.54) is 37.0 Å². The van der Waals surface area contributed by atoms with Crippen molar-refractivity contribution in [3.8, 4) is 5.88 Å². The van der Waals surface area contributed by atoms with Crippen LogP contribution in [0.3, 0.4) is 0 Å². The predicted octanol–water partition coefficient (Wildman–Crippen LogP) is 5.16. The number of rotatable bonds is 11. The third-order valence-electron chi connectivity index (χ3n) is 8.19. The van der Waals surface area contributed by atoms with Crippen LogP contribution in [0.5, 0.6) is 5.88 Å². The molecule has 216 valence electrons. The van der Waals surface area contributed by atoms with Gasteiger partial charge in [-0.2, -0.15) is 0 Å². The van der Waals surface area contributed by atoms with E-state index in [1.54, 1.807) is 37.4 Å². The monoisotopic (exact) mass is 585 g/mol. The number of benzene rings is 1. The normalized spacial score (nSPS) is 19.6. The Hall–Kier alpha value is -2.60. The molecular weight excluding hydrogens is 546 g/mol. The Kier molecular flexibility index (Phi) is 9.34. The first-order valence-corrected chi connectivity index (χ1v) is 16.6. The second-order valence-electron chi connectivity index (χ2n) is 10.9. The number of sulfonamides is 1. The summed E-state index contributed by atoms with van der Waals surface area (Å²) in [5.41, 5.74) is 1.51. The summed E-state index contributed by atoms with van der Waals surface area (Å²) in [6, 6.07) is 10.3. The van der Waals surface area contributed by atoms with E-state index in [2.05, 4.69) is 31.8 Å². The summed E-state index contributed by atoms with van der Waals surface area (Å²) in [4.78, 5) is 25.7. The Balaban J connectivity index is 1.32. The minimum atomic E-state index is -3.65. The minimum Gasteiger partial charge on any atom is -0.481 e. The number of carbonyl (C=O) groups is 1. The van der Waals surface area contributed by atoms with Gasteiger partial charge in [-0.3, -0.25) is 4.79 Å². The Morgan fingerprint density at radius 3 is 2.60 bits per heavy atom. The van der Waals surface area contributed by atoms with Gasteiger partial charge in [0, 0.05) is 18.7 Å². The van der Waals surface area contributed by atoms with Gasteiger partial charge in [-0.05, 0) is 68.5 Å². The van der Waals surface area contributed by atoms with Crippen molar-refractivity contribution >= 4 is 42.7 Å². The Morgan fingerprint density at radius 1 is 1.10 bits per heavy atom. The molecule has 11 heteroatoms. The maximum Gasteiger partial charge on any atom is 0.240 e. The molecule has 0 spiro atoms. The predicted molar refractivity (Wildman–Crippen MR) is 158 cm³/mol. The number of piperidine rings is 1. The molecule has 0 radical (unpaired) electrons. The number of pyridine rings is 1. The maximum atomic E-state index is 13.6. The number of nitrogens with one attached hydrogen (secondary N) is 2. The van der Waals surface area contributed by atoms with Crippen molar-refractivity contribution in [3.63, 3.8) is 0 Å². The Morgan fingerprint density at radius 2 is 1.88 bits per heavy atom. The minimum absolute atomic E-state index is 0.0911. The summed E-state index contributed by atoms with van der Waals surface area (Å²) in [7, 11) is -2.09. The Bertz CT molecular complexity index is 1400. The molecule has 2 atom stereocenters. The van der Waals surface area contributed by atoms with Crippen LogP contribution in [0.15, 0.2) is 41.3 Å². The topological polar surface area (TPSA) is 114 Å². The van der Waals surface area contributed by atoms with E-state index in [-0.39, 0.29) is 16.8 Å². The number of hydrogen-bond acceptors (Lipinski definition) is 8. The first kappa shape index (κ1) is 28.9. The number of thiazole rings is 1. The fourth-order valence-electron chi connectivity index (χ4n) is 5.92. The van der Waals surface area contributed by atoms with E-state index in [9.17, 15) is 13.2 Å². The first-order chi connectivity index (χ1) is 19.3. The van der Waals surface area contributed by atoms with Gasteiger partial charge in [0.1, 0.15) is 10.3 Å². The molecule has 1 aliphatic heterocycles. The van der Waals surface area contributed by atoms with Crippen LogP contribution in [0.4, 0.5) is 5.13 Å². The highest BCUT2D eigenvalue weighted by molar-refractivity contribution is 7.89. The van der Waals surface area contributed by atoms with Gasteiger partial charge in [-0.15, -0.1) is 0 Å². The summed E-state index contributed by atoms with van der Waals surface area (Å²) in [6.07, 6.45) is 8.40. The van der Waals surface area contributed by atoms with Crippen LogP contribution in [-0.2, 0) is 14.8 Å². The molecular formula is C29H39N5O4S2. The Labute approximate surface area is 240 Å². The molecule has 1 amide bonds. The first-order valence-electron chi connectivity index (χ1n) is 14.3. The fourth-order valence-corrected chi connectivity index (χ4v) is 8.01. The van der Waals surface area contributed by atoms with Gasteiger partial charge >= 0.3 is 0 Å². The van der Waals surface area contributed by atoms with Crippen LogP contribution in [0.25, 0.3) is 10.3 Å². The molecule has 1 aromatic carbocycles. The van der Waals surface area contributed by atoms with Crippen molar-refractivity contribution in [1.82, 2.24) is 19.6 Å². The van der Waals surface area contributed by atoms with Gasteiger partial charge < -0.3 is 15.0 Å². The van der Waals surface area contributed by atoms with Crippen LogP contribution in [0, 0.1) is 5.92 Å². The molecule has 1 aliphatic carbocycles. The summed E-state index contributed by atoms with van der Waals surface area (Å²) < 4.78 is 34.4. The molecule has 1 saturated heterocycles. The van der Waals surface area contributed by atoms with E-state index in [1.807, 2.05) is 6.07 Å². The average molecular weight is 586 g/mol. The van der Waals surface area contributed by atoms with E-state index in [0.717, 1.165) is 44.5 Å². The highest BCUT2D eigenvalue weighted by atomic mass is 32.2. The SMILES string of the molecule is CCN1CCCC(NS(=O)(=O)c2ccc(C(CCC3CCCC3)C(=O)Nc3nc4ccc(OC)nc4s3)cc2)C1. The maximum absolute atomic E-state index is 13.6. The van der Waals surface area contributed by atoms with Crippen LogP contribution >= 0.6 is 11.3 Å². The number of carbonyl (C=O) groups excluding carboxylic acids is 1. The number of amides is 1. The number of likely N-dealkylation sites (tertiary alicyclic amines) is 1. The molecule has 9 nitrogen and oxygen atoms in total. The number of aromatic nitrogens is 2. The van der Waals surface area contributed by atoms with Gasteiger partial charge in [-0.25, -0.2) is 23.1 Å². The number of fused-ring (bicyclic) bond motifs is 1. The van der Waals surface area contributed by atoms with Crippen LogP contribution in [0.2, 0.25) is 0 Å². The summed E-state index contributed by atoms with van der Waals surface area (Å²) in [5, 5.41) is 3.49. The molecule has 1 saturated carbocycles. The molecule has 2 N–H and O–H groups in total. The summed E-state index contributed by atoms with van der Waals surface area (Å²) in [6.45, 7) is 4.75. The molecule has 40 heavy (non-hydrogen) atoms. The molecule has 3 aromatic rings. The lowest BCUT2D eigenvalue weighted by Crippen LogP contribution is -2.47. The van der Waals surface area contributed by atoms with Gasteiger partial charge in [0.2, 0.25) is 21.8 Å². The second-order valence-corrected chi connectivity index (χ2v) is 13.6. The number of methoxy groups -OCH3 is 1.